The van der Waals surface area contributed by atoms with E-state index < -0.39 is 23.9 Å². The summed E-state index contributed by atoms with van der Waals surface area (Å²) in [5.74, 6) is -0.413. The predicted octanol–water partition coefficient (Wildman–Crippen LogP) is 2.39. The first-order valence-electron chi connectivity index (χ1n) is 9.08. The van der Waals surface area contributed by atoms with Crippen LogP contribution in [0.5, 0.6) is 11.5 Å². The lowest BCUT2D eigenvalue weighted by molar-refractivity contribution is -0.152. The second-order valence-corrected chi connectivity index (χ2v) is 5.99. The minimum Gasteiger partial charge on any atom is -0.497 e. The number of nitrogens with one attached hydrogen (secondary N) is 2. The summed E-state index contributed by atoms with van der Waals surface area (Å²) in [5, 5.41) is 5.09. The molecule has 2 aromatic rings. The van der Waals surface area contributed by atoms with Crippen molar-refractivity contribution in [2.24, 2.45) is 0 Å². The highest BCUT2D eigenvalue weighted by molar-refractivity contribution is 5.97. The van der Waals surface area contributed by atoms with Crippen molar-refractivity contribution in [3.63, 3.8) is 0 Å². The molecule has 0 aliphatic carbocycles. The Morgan fingerprint density at radius 3 is 2.41 bits per heavy atom. The maximum atomic E-state index is 12.2. The van der Waals surface area contributed by atoms with Crippen molar-refractivity contribution in [2.75, 3.05) is 25.6 Å². The number of carbonyl (C=O) groups excluding carboxylic acids is 3. The molecule has 154 valence electrons. The van der Waals surface area contributed by atoms with Crippen molar-refractivity contribution in [1.82, 2.24) is 5.32 Å². The van der Waals surface area contributed by atoms with E-state index in [-0.39, 0.29) is 6.54 Å². The summed E-state index contributed by atoms with van der Waals surface area (Å²) < 4.78 is 15.5. The molecule has 2 amide bonds. The Bertz CT molecular complexity index is 851. The zero-order valence-corrected chi connectivity index (χ0v) is 16.6. The number of esters is 1. The van der Waals surface area contributed by atoms with Crippen LogP contribution in [0.25, 0.3) is 0 Å². The van der Waals surface area contributed by atoms with Gasteiger partial charge in [-0.1, -0.05) is 6.07 Å². The first kappa shape index (κ1) is 21.7. The molecule has 8 nitrogen and oxygen atoms in total. The summed E-state index contributed by atoms with van der Waals surface area (Å²) in [6, 6.07) is 13.3. The molecule has 0 saturated carbocycles. The van der Waals surface area contributed by atoms with Crippen LogP contribution in [0.3, 0.4) is 0 Å². The number of ether oxygens (including phenoxy) is 3. The van der Waals surface area contributed by atoms with Gasteiger partial charge in [0.15, 0.2) is 6.10 Å². The zero-order chi connectivity index (χ0) is 21.2. The molecule has 0 bridgehead atoms. The fourth-order valence-electron chi connectivity index (χ4n) is 2.36. The van der Waals surface area contributed by atoms with Crippen LogP contribution in [0.4, 0.5) is 5.69 Å². The number of amides is 2. The minimum absolute atomic E-state index is 0.358. The molecule has 0 aliphatic heterocycles. The smallest absolute Gasteiger partial charge is 0.326 e. The van der Waals surface area contributed by atoms with Crippen molar-refractivity contribution >= 4 is 23.5 Å². The van der Waals surface area contributed by atoms with Crippen molar-refractivity contribution in [2.45, 2.75) is 20.0 Å². The van der Waals surface area contributed by atoms with Crippen LogP contribution >= 0.6 is 0 Å². The average Bonchev–Trinajstić information content (AvgIpc) is 2.72. The van der Waals surface area contributed by atoms with E-state index >= 15 is 0 Å². The highest BCUT2D eigenvalue weighted by atomic mass is 16.5. The van der Waals surface area contributed by atoms with E-state index in [4.69, 9.17) is 14.2 Å². The summed E-state index contributed by atoms with van der Waals surface area (Å²) >= 11 is 0. The number of benzene rings is 2. The fourth-order valence-corrected chi connectivity index (χ4v) is 2.36. The third-order valence-electron chi connectivity index (χ3n) is 3.84. The molecule has 2 N–H and O–H groups in total. The van der Waals surface area contributed by atoms with E-state index in [9.17, 15) is 14.4 Å². The van der Waals surface area contributed by atoms with Gasteiger partial charge in [0.25, 0.3) is 11.8 Å². The van der Waals surface area contributed by atoms with E-state index in [0.29, 0.717) is 29.4 Å². The minimum atomic E-state index is -1.03. The topological polar surface area (TPSA) is 103 Å². The van der Waals surface area contributed by atoms with E-state index in [2.05, 4.69) is 10.6 Å². The van der Waals surface area contributed by atoms with E-state index in [0.717, 1.165) is 0 Å². The van der Waals surface area contributed by atoms with Gasteiger partial charge in [-0.25, -0.2) is 0 Å². The van der Waals surface area contributed by atoms with Crippen molar-refractivity contribution in [3.05, 3.63) is 54.1 Å². The molecule has 0 saturated heterocycles. The van der Waals surface area contributed by atoms with E-state index in [1.165, 1.54) is 14.0 Å². The van der Waals surface area contributed by atoms with Gasteiger partial charge in [-0.3, -0.25) is 14.4 Å². The lowest BCUT2D eigenvalue weighted by Gasteiger charge is -2.14. The molecule has 2 aromatic carbocycles. The number of hydrogen-bond donors (Lipinski definition) is 2. The molecule has 0 aliphatic rings. The third-order valence-corrected chi connectivity index (χ3v) is 3.84. The highest BCUT2D eigenvalue weighted by Gasteiger charge is 2.19. The van der Waals surface area contributed by atoms with Crippen LogP contribution in [0.1, 0.15) is 24.2 Å². The van der Waals surface area contributed by atoms with Crippen molar-refractivity contribution < 1.29 is 28.6 Å². The lowest BCUT2D eigenvalue weighted by Crippen LogP contribution is -2.35. The summed E-state index contributed by atoms with van der Waals surface area (Å²) in [5.41, 5.74) is 0.895. The second-order valence-electron chi connectivity index (χ2n) is 5.99. The maximum absolute atomic E-state index is 12.2. The zero-order valence-electron chi connectivity index (χ0n) is 16.6. The molecular weight excluding hydrogens is 376 g/mol. The van der Waals surface area contributed by atoms with Gasteiger partial charge < -0.3 is 24.8 Å². The van der Waals surface area contributed by atoms with Crippen LogP contribution in [0.15, 0.2) is 48.5 Å². The summed E-state index contributed by atoms with van der Waals surface area (Å²) in [7, 11) is 1.52. The third kappa shape index (κ3) is 6.84. The van der Waals surface area contributed by atoms with Gasteiger partial charge in [0, 0.05) is 17.3 Å². The Morgan fingerprint density at radius 2 is 1.76 bits per heavy atom. The Kier molecular flexibility index (Phi) is 8.02. The normalized spacial score (nSPS) is 11.1. The van der Waals surface area contributed by atoms with Crippen LogP contribution in [0.2, 0.25) is 0 Å². The Hall–Kier alpha value is -3.55. The molecule has 1 atom stereocenters. The monoisotopic (exact) mass is 400 g/mol. The lowest BCUT2D eigenvalue weighted by atomic mass is 10.2. The van der Waals surface area contributed by atoms with Gasteiger partial charge in [0.1, 0.15) is 18.0 Å². The molecule has 2 rings (SSSR count). The Morgan fingerprint density at radius 1 is 1.03 bits per heavy atom. The standard InChI is InChI=1S/C21H24N2O6/c1-4-28-17-10-8-15(9-11-17)21(26)22-13-19(24)29-14(2)20(25)23-16-6-5-7-18(12-16)27-3/h5-12,14H,4,13H2,1-3H3,(H,22,26)(H,23,25)/t14-/m0/s1. The van der Waals surface area contributed by atoms with Crippen molar-refractivity contribution in [3.8, 4) is 11.5 Å². The SMILES string of the molecule is CCOc1ccc(C(=O)NCC(=O)O[C@@H](C)C(=O)Nc2cccc(OC)c2)cc1. The highest BCUT2D eigenvalue weighted by Crippen LogP contribution is 2.17. The molecule has 0 aromatic heterocycles. The summed E-state index contributed by atoms with van der Waals surface area (Å²) in [6.07, 6.45) is -1.03. The average molecular weight is 400 g/mol. The molecule has 0 radical (unpaired) electrons. The number of anilines is 1. The largest absolute Gasteiger partial charge is 0.497 e. The van der Waals surface area contributed by atoms with Crippen LogP contribution in [-0.2, 0) is 14.3 Å². The summed E-state index contributed by atoms with van der Waals surface area (Å²) in [4.78, 5) is 36.2. The van der Waals surface area contributed by atoms with E-state index in [1.807, 2.05) is 6.92 Å². The summed E-state index contributed by atoms with van der Waals surface area (Å²) in [6.45, 7) is 3.48. The molecular formula is C21H24N2O6. The van der Waals surface area contributed by atoms with Gasteiger partial charge in [-0.15, -0.1) is 0 Å². The van der Waals surface area contributed by atoms with Crippen molar-refractivity contribution in [1.29, 1.82) is 0 Å². The molecule has 0 heterocycles. The predicted molar refractivity (Wildman–Crippen MR) is 107 cm³/mol. The van der Waals surface area contributed by atoms with Gasteiger partial charge in [0.2, 0.25) is 0 Å². The quantitative estimate of drug-likeness (QED) is 0.627. The first-order chi connectivity index (χ1) is 13.9. The van der Waals surface area contributed by atoms with Gasteiger partial charge >= 0.3 is 5.97 Å². The first-order valence-corrected chi connectivity index (χ1v) is 9.08. The van der Waals surface area contributed by atoms with Gasteiger partial charge in [0.05, 0.1) is 13.7 Å². The number of carbonyl (C=O) groups is 3. The molecule has 0 spiro atoms. The van der Waals surface area contributed by atoms with Gasteiger partial charge in [-0.2, -0.15) is 0 Å². The van der Waals surface area contributed by atoms with Gasteiger partial charge in [-0.05, 0) is 50.2 Å². The second kappa shape index (κ2) is 10.7. The van der Waals surface area contributed by atoms with Crippen LogP contribution in [-0.4, -0.2) is 44.1 Å². The van der Waals surface area contributed by atoms with Crippen LogP contribution < -0.4 is 20.1 Å². The molecule has 0 fully saturated rings. The Balaban J connectivity index is 1.79. The van der Waals surface area contributed by atoms with Crippen LogP contribution in [0, 0.1) is 0 Å². The molecule has 29 heavy (non-hydrogen) atoms. The maximum Gasteiger partial charge on any atom is 0.326 e. The number of hydrogen-bond acceptors (Lipinski definition) is 6. The number of methoxy groups -OCH3 is 1. The number of rotatable bonds is 9. The van der Waals surface area contributed by atoms with E-state index in [1.54, 1.807) is 48.5 Å². The fraction of sp³-hybridized carbons (Fsp3) is 0.286. The Labute approximate surface area is 169 Å². The molecule has 8 heteroatoms. The molecule has 0 unspecified atom stereocenters.